The molecule has 10 heteroatoms. The van der Waals surface area contributed by atoms with Crippen molar-refractivity contribution in [1.82, 2.24) is 4.98 Å². The highest BCUT2D eigenvalue weighted by Crippen LogP contribution is 2.33. The lowest BCUT2D eigenvalue weighted by molar-refractivity contribution is -0.107. The Bertz CT molecular complexity index is 1670. The van der Waals surface area contributed by atoms with Crippen molar-refractivity contribution < 1.29 is 26.8 Å². The SMILES string of the molecule is CNc1ccc(-c2ccc3cc(N(C)C)ccc3n2)cc1OCCCOS(=O)(=O)c1cccc(C)c1OC1CCCCO1. The zero-order chi connectivity index (χ0) is 30.4. The van der Waals surface area contributed by atoms with Crippen LogP contribution >= 0.6 is 0 Å². The predicted molar refractivity (Wildman–Crippen MR) is 170 cm³/mol. The van der Waals surface area contributed by atoms with E-state index in [4.69, 9.17) is 23.4 Å². The topological polar surface area (TPSA) is 99.2 Å². The summed E-state index contributed by atoms with van der Waals surface area (Å²) < 4.78 is 49.4. The maximum atomic E-state index is 13.1. The van der Waals surface area contributed by atoms with Gasteiger partial charge in [-0.15, -0.1) is 0 Å². The molecule has 0 saturated carbocycles. The van der Waals surface area contributed by atoms with Crippen LogP contribution < -0.4 is 19.7 Å². The molecular weight excluding hydrogens is 566 g/mol. The molecule has 1 aromatic heterocycles. The van der Waals surface area contributed by atoms with Crippen molar-refractivity contribution >= 4 is 32.4 Å². The van der Waals surface area contributed by atoms with Crippen LogP contribution in [0.3, 0.4) is 0 Å². The lowest BCUT2D eigenvalue weighted by Crippen LogP contribution is -2.26. The quantitative estimate of drug-likeness (QED) is 0.145. The number of nitrogens with zero attached hydrogens (tertiary/aromatic N) is 2. The Hall–Kier alpha value is -3.86. The van der Waals surface area contributed by atoms with Gasteiger partial charge in [-0.2, -0.15) is 8.42 Å². The summed E-state index contributed by atoms with van der Waals surface area (Å²) in [5.41, 5.74) is 5.31. The molecule has 1 unspecified atom stereocenters. The lowest BCUT2D eigenvalue weighted by Gasteiger charge is -2.25. The first-order valence-corrected chi connectivity index (χ1v) is 16.0. The molecule has 43 heavy (non-hydrogen) atoms. The Kier molecular flexibility index (Phi) is 9.69. The van der Waals surface area contributed by atoms with Gasteiger partial charge in [0.1, 0.15) is 16.4 Å². The zero-order valence-electron chi connectivity index (χ0n) is 25.1. The molecule has 1 N–H and O–H groups in total. The van der Waals surface area contributed by atoms with Crippen LogP contribution in [0.15, 0.2) is 71.6 Å². The summed E-state index contributed by atoms with van der Waals surface area (Å²) in [5.74, 6) is 0.927. The summed E-state index contributed by atoms with van der Waals surface area (Å²) in [4.78, 5) is 6.93. The van der Waals surface area contributed by atoms with E-state index in [-0.39, 0.29) is 23.9 Å². The van der Waals surface area contributed by atoms with E-state index in [0.29, 0.717) is 24.3 Å². The van der Waals surface area contributed by atoms with Gasteiger partial charge in [0, 0.05) is 50.6 Å². The first-order chi connectivity index (χ1) is 20.7. The van der Waals surface area contributed by atoms with Crippen molar-refractivity contribution in [3.63, 3.8) is 0 Å². The molecular formula is C33H39N3O6S. The molecule has 0 radical (unpaired) electrons. The molecule has 3 aromatic carbocycles. The molecule has 1 saturated heterocycles. The maximum absolute atomic E-state index is 13.1. The number of para-hydroxylation sites is 1. The molecule has 5 rings (SSSR count). The van der Waals surface area contributed by atoms with Crippen LogP contribution in [-0.2, 0) is 19.0 Å². The molecule has 1 aliphatic heterocycles. The fraction of sp³-hybridized carbons (Fsp3) is 0.364. The average Bonchev–Trinajstić information content (AvgIpc) is 3.01. The van der Waals surface area contributed by atoms with Crippen molar-refractivity contribution in [1.29, 1.82) is 0 Å². The number of rotatable bonds is 12. The molecule has 0 spiro atoms. The highest BCUT2D eigenvalue weighted by molar-refractivity contribution is 7.86. The average molecular weight is 606 g/mol. The summed E-state index contributed by atoms with van der Waals surface area (Å²) in [5, 5.41) is 4.22. The highest BCUT2D eigenvalue weighted by atomic mass is 32.2. The number of hydrogen-bond acceptors (Lipinski definition) is 9. The molecule has 1 aliphatic rings. The first-order valence-electron chi connectivity index (χ1n) is 14.6. The van der Waals surface area contributed by atoms with Gasteiger partial charge in [-0.3, -0.25) is 4.18 Å². The van der Waals surface area contributed by atoms with Gasteiger partial charge >= 0.3 is 10.1 Å². The Morgan fingerprint density at radius 1 is 1.02 bits per heavy atom. The third-order valence-electron chi connectivity index (χ3n) is 7.35. The Labute approximate surface area is 253 Å². The van der Waals surface area contributed by atoms with E-state index in [1.54, 1.807) is 6.07 Å². The smallest absolute Gasteiger partial charge is 0.300 e. The van der Waals surface area contributed by atoms with Gasteiger partial charge < -0.3 is 24.4 Å². The second-order valence-corrected chi connectivity index (χ2v) is 12.3. The predicted octanol–water partition coefficient (Wildman–Crippen LogP) is 6.40. The molecule has 228 valence electrons. The van der Waals surface area contributed by atoms with Crippen LogP contribution in [0.25, 0.3) is 22.2 Å². The number of aromatic nitrogens is 1. The van der Waals surface area contributed by atoms with Crippen molar-refractivity contribution in [3.8, 4) is 22.8 Å². The first kappa shape index (κ1) is 30.6. The normalized spacial score (nSPS) is 15.3. The van der Waals surface area contributed by atoms with Gasteiger partial charge in [0.2, 0.25) is 0 Å². The third kappa shape index (κ3) is 7.38. The highest BCUT2D eigenvalue weighted by Gasteiger charge is 2.25. The Morgan fingerprint density at radius 2 is 1.88 bits per heavy atom. The molecule has 4 aromatic rings. The molecule has 0 amide bonds. The van der Waals surface area contributed by atoms with Gasteiger partial charge in [0.25, 0.3) is 0 Å². The molecule has 1 fully saturated rings. The van der Waals surface area contributed by atoms with E-state index < -0.39 is 16.4 Å². The molecule has 0 aliphatic carbocycles. The fourth-order valence-electron chi connectivity index (χ4n) is 4.94. The fourth-order valence-corrected chi connectivity index (χ4v) is 6.09. The van der Waals surface area contributed by atoms with Gasteiger partial charge in [-0.25, -0.2) is 4.98 Å². The molecule has 2 heterocycles. The van der Waals surface area contributed by atoms with Gasteiger partial charge in [0.15, 0.2) is 6.29 Å². The number of nitrogens with one attached hydrogen (secondary N) is 1. The van der Waals surface area contributed by atoms with Crippen LogP contribution in [-0.4, -0.2) is 60.7 Å². The molecule has 9 nitrogen and oxygen atoms in total. The third-order valence-corrected chi connectivity index (χ3v) is 8.69. The largest absolute Gasteiger partial charge is 0.491 e. The number of anilines is 2. The van der Waals surface area contributed by atoms with E-state index >= 15 is 0 Å². The number of benzene rings is 3. The summed E-state index contributed by atoms with van der Waals surface area (Å²) in [6.45, 7) is 2.64. The van der Waals surface area contributed by atoms with E-state index in [1.165, 1.54) is 6.07 Å². The standard InChI is InChI=1S/C33H39N3O6S/c1-23-9-7-10-31(33(23)42-32-11-5-6-18-40-32)43(37,38)41-20-8-19-39-30-22-25(13-16-29(30)34-2)27-15-12-24-21-26(36(3)4)14-17-28(24)35-27/h7,9-10,12-17,21-22,32,34H,5-6,8,11,18-20H2,1-4H3. The summed E-state index contributed by atoms with van der Waals surface area (Å²) in [6, 6.07) is 21.1. The summed E-state index contributed by atoms with van der Waals surface area (Å²) >= 11 is 0. The van der Waals surface area contributed by atoms with E-state index in [9.17, 15) is 8.42 Å². The summed E-state index contributed by atoms with van der Waals surface area (Å²) in [6.07, 6.45) is 2.57. The second-order valence-electron chi connectivity index (χ2n) is 10.7. The van der Waals surface area contributed by atoms with Crippen molar-refractivity contribution in [2.75, 3.05) is 51.2 Å². The minimum atomic E-state index is -4.05. The van der Waals surface area contributed by atoms with Gasteiger partial charge in [0.05, 0.1) is 36.7 Å². The van der Waals surface area contributed by atoms with Crippen LogP contribution in [0.5, 0.6) is 11.5 Å². The second kappa shape index (κ2) is 13.6. The van der Waals surface area contributed by atoms with E-state index in [2.05, 4.69) is 28.4 Å². The number of hydrogen-bond donors (Lipinski definition) is 1. The lowest BCUT2D eigenvalue weighted by atomic mass is 10.1. The van der Waals surface area contributed by atoms with Crippen LogP contribution in [0.1, 0.15) is 31.2 Å². The van der Waals surface area contributed by atoms with Crippen LogP contribution in [0.4, 0.5) is 11.4 Å². The van der Waals surface area contributed by atoms with Crippen molar-refractivity contribution in [2.24, 2.45) is 0 Å². The van der Waals surface area contributed by atoms with Crippen molar-refractivity contribution in [2.45, 2.75) is 43.8 Å². The molecule has 0 bridgehead atoms. The van der Waals surface area contributed by atoms with Gasteiger partial charge in [-0.05, 0) is 67.8 Å². The number of aryl methyl sites for hydroxylation is 1. The number of ether oxygens (including phenoxy) is 3. The van der Waals surface area contributed by atoms with Crippen molar-refractivity contribution in [3.05, 3.63) is 72.3 Å². The van der Waals surface area contributed by atoms with E-state index in [0.717, 1.165) is 52.8 Å². The van der Waals surface area contributed by atoms with Crippen LogP contribution in [0, 0.1) is 6.92 Å². The maximum Gasteiger partial charge on any atom is 0.300 e. The number of fused-ring (bicyclic) bond motifs is 1. The Morgan fingerprint density at radius 3 is 2.65 bits per heavy atom. The Balaban J connectivity index is 1.22. The van der Waals surface area contributed by atoms with E-state index in [1.807, 2.05) is 64.5 Å². The van der Waals surface area contributed by atoms with Crippen LogP contribution in [0.2, 0.25) is 0 Å². The molecule has 1 atom stereocenters. The zero-order valence-corrected chi connectivity index (χ0v) is 25.9. The minimum absolute atomic E-state index is 0.00795. The van der Waals surface area contributed by atoms with Gasteiger partial charge in [-0.1, -0.05) is 24.3 Å². The minimum Gasteiger partial charge on any atom is -0.491 e. The monoisotopic (exact) mass is 605 g/mol. The summed E-state index contributed by atoms with van der Waals surface area (Å²) in [7, 11) is 1.81. The number of pyridine rings is 1.